The van der Waals surface area contributed by atoms with E-state index in [0.29, 0.717) is 19.6 Å². The molecule has 1 N–H and O–H groups in total. The van der Waals surface area contributed by atoms with Gasteiger partial charge in [0.25, 0.3) is 5.91 Å². The van der Waals surface area contributed by atoms with Gasteiger partial charge < -0.3 is 5.32 Å². The smallest absolute Gasteiger partial charge is 0.252 e. The van der Waals surface area contributed by atoms with E-state index >= 15 is 0 Å². The van der Waals surface area contributed by atoms with Crippen molar-refractivity contribution in [3.63, 3.8) is 0 Å². The van der Waals surface area contributed by atoms with Gasteiger partial charge in [-0.05, 0) is 56.4 Å². The maximum atomic E-state index is 13.0. The molecule has 0 radical (unpaired) electrons. The fourth-order valence-corrected chi connectivity index (χ4v) is 5.47. The second kappa shape index (κ2) is 10.4. The predicted octanol–water partition coefficient (Wildman–Crippen LogP) is 4.58. The second-order valence-electron chi connectivity index (χ2n) is 7.81. The monoisotopic (exact) mass is 448 g/mol. The van der Waals surface area contributed by atoms with Crippen LogP contribution in [0.15, 0.2) is 47.4 Å². The van der Waals surface area contributed by atoms with Crippen molar-refractivity contribution in [2.45, 2.75) is 50.3 Å². The Kier molecular flexibility index (Phi) is 7.92. The summed E-state index contributed by atoms with van der Waals surface area (Å²) in [5.41, 5.74) is 2.64. The lowest BCUT2D eigenvalue weighted by Crippen LogP contribution is -2.32. The normalized spacial score (nSPS) is 15.5. The third-order valence-electron chi connectivity index (χ3n) is 5.40. The maximum Gasteiger partial charge on any atom is 0.252 e. The Balaban J connectivity index is 1.64. The summed E-state index contributed by atoms with van der Waals surface area (Å²) in [7, 11) is -3.63. The average molecular weight is 449 g/mol. The van der Waals surface area contributed by atoms with Crippen LogP contribution in [0.5, 0.6) is 0 Å². The second-order valence-corrected chi connectivity index (χ2v) is 10.2. The molecule has 0 spiro atoms. The summed E-state index contributed by atoms with van der Waals surface area (Å²) in [5, 5.41) is 3.11. The summed E-state index contributed by atoms with van der Waals surface area (Å²) in [6.45, 7) is 3.59. The summed E-state index contributed by atoms with van der Waals surface area (Å²) in [5.74, 6) is -0.350. The van der Waals surface area contributed by atoms with E-state index in [4.69, 9.17) is 11.6 Å². The van der Waals surface area contributed by atoms with Crippen molar-refractivity contribution in [2.24, 2.45) is 0 Å². The quantitative estimate of drug-likeness (QED) is 0.630. The first-order valence-electron chi connectivity index (χ1n) is 10.5. The highest BCUT2D eigenvalue weighted by atomic mass is 35.5. The van der Waals surface area contributed by atoms with Crippen molar-refractivity contribution < 1.29 is 13.2 Å². The molecule has 2 aromatic carbocycles. The van der Waals surface area contributed by atoms with Crippen molar-refractivity contribution in [3.8, 4) is 0 Å². The number of sulfonamides is 1. The number of nitrogens with one attached hydrogen (secondary N) is 1. The summed E-state index contributed by atoms with van der Waals surface area (Å²) >= 11 is 6.21. The predicted molar refractivity (Wildman–Crippen MR) is 121 cm³/mol. The Morgan fingerprint density at radius 1 is 1.07 bits per heavy atom. The summed E-state index contributed by atoms with van der Waals surface area (Å²) in [6.07, 6.45) is 5.46. The van der Waals surface area contributed by atoms with Gasteiger partial charge in [-0.25, -0.2) is 8.42 Å². The first kappa shape index (κ1) is 22.8. The number of hydrogen-bond donors (Lipinski definition) is 1. The Labute approximate surface area is 184 Å². The van der Waals surface area contributed by atoms with Crippen LogP contribution in [0.2, 0.25) is 5.02 Å². The van der Waals surface area contributed by atoms with Crippen molar-refractivity contribution in [2.75, 3.05) is 19.6 Å². The molecule has 1 heterocycles. The van der Waals surface area contributed by atoms with Crippen LogP contribution >= 0.6 is 11.6 Å². The summed E-state index contributed by atoms with van der Waals surface area (Å²) in [4.78, 5) is 12.8. The number of amides is 1. The van der Waals surface area contributed by atoms with Gasteiger partial charge in [0, 0.05) is 19.6 Å². The standard InChI is InChI=1S/C23H29ClN2O3S/c1-18-8-6-9-19(16-18)10-7-13-25-23(27)21-17-20(11-12-22(21)24)30(28,29)26-14-4-2-3-5-15-26/h6,8-9,11-12,16-17H,2-5,7,10,13-15H2,1H3,(H,25,27). The molecular formula is C23H29ClN2O3S. The topological polar surface area (TPSA) is 66.5 Å². The molecule has 0 unspecified atom stereocenters. The molecule has 2 aromatic rings. The van der Waals surface area contributed by atoms with E-state index in [1.165, 1.54) is 33.6 Å². The number of hydrogen-bond acceptors (Lipinski definition) is 3. The SMILES string of the molecule is Cc1cccc(CCCNC(=O)c2cc(S(=O)(=O)N3CCCCCC3)ccc2Cl)c1. The van der Waals surface area contributed by atoms with Crippen LogP contribution in [0, 0.1) is 6.92 Å². The lowest BCUT2D eigenvalue weighted by Gasteiger charge is -2.20. The Bertz CT molecular complexity index is 984. The highest BCUT2D eigenvalue weighted by molar-refractivity contribution is 7.89. The first-order valence-corrected chi connectivity index (χ1v) is 12.3. The zero-order chi connectivity index (χ0) is 21.6. The zero-order valence-electron chi connectivity index (χ0n) is 17.4. The van der Waals surface area contributed by atoms with Gasteiger partial charge in [-0.2, -0.15) is 4.31 Å². The van der Waals surface area contributed by atoms with Gasteiger partial charge >= 0.3 is 0 Å². The van der Waals surface area contributed by atoms with Crippen LogP contribution in [0.3, 0.4) is 0 Å². The van der Waals surface area contributed by atoms with Crippen LogP contribution in [0.4, 0.5) is 0 Å². The zero-order valence-corrected chi connectivity index (χ0v) is 18.9. The maximum absolute atomic E-state index is 13.0. The van der Waals surface area contributed by atoms with Gasteiger partial charge in [-0.15, -0.1) is 0 Å². The Hall–Kier alpha value is -1.89. The first-order chi connectivity index (χ1) is 14.4. The van der Waals surface area contributed by atoms with Crippen LogP contribution in [-0.2, 0) is 16.4 Å². The number of rotatable bonds is 7. The van der Waals surface area contributed by atoms with E-state index in [9.17, 15) is 13.2 Å². The molecule has 1 saturated heterocycles. The van der Waals surface area contributed by atoms with E-state index in [2.05, 4.69) is 30.4 Å². The highest BCUT2D eigenvalue weighted by Gasteiger charge is 2.26. The Morgan fingerprint density at radius 2 is 1.80 bits per heavy atom. The molecule has 5 nitrogen and oxygen atoms in total. The van der Waals surface area contributed by atoms with Crippen LogP contribution in [0.1, 0.15) is 53.6 Å². The molecule has 162 valence electrons. The number of halogens is 1. The lowest BCUT2D eigenvalue weighted by atomic mass is 10.1. The molecule has 0 saturated carbocycles. The number of aryl methyl sites for hydroxylation is 2. The van der Waals surface area contributed by atoms with Crippen LogP contribution < -0.4 is 5.32 Å². The van der Waals surface area contributed by atoms with E-state index < -0.39 is 10.0 Å². The van der Waals surface area contributed by atoms with Crippen molar-refractivity contribution in [3.05, 3.63) is 64.2 Å². The fourth-order valence-electron chi connectivity index (χ4n) is 3.73. The van der Waals surface area contributed by atoms with Gasteiger partial charge in [0.1, 0.15) is 0 Å². The van der Waals surface area contributed by atoms with E-state index in [-0.39, 0.29) is 21.4 Å². The molecule has 30 heavy (non-hydrogen) atoms. The number of benzene rings is 2. The Morgan fingerprint density at radius 3 is 2.50 bits per heavy atom. The molecule has 0 aromatic heterocycles. The minimum atomic E-state index is -3.63. The average Bonchev–Trinajstić information content (AvgIpc) is 3.01. The van der Waals surface area contributed by atoms with E-state index in [1.807, 2.05) is 6.07 Å². The number of carbonyl (C=O) groups is 1. The molecule has 7 heteroatoms. The molecule has 0 bridgehead atoms. The van der Waals surface area contributed by atoms with Gasteiger partial charge in [0.2, 0.25) is 10.0 Å². The van der Waals surface area contributed by atoms with Crippen molar-refractivity contribution in [1.82, 2.24) is 9.62 Å². The molecular weight excluding hydrogens is 420 g/mol. The van der Waals surface area contributed by atoms with Gasteiger partial charge in [-0.1, -0.05) is 54.3 Å². The van der Waals surface area contributed by atoms with E-state index in [1.54, 1.807) is 0 Å². The number of nitrogens with zero attached hydrogens (tertiary/aromatic N) is 1. The largest absolute Gasteiger partial charge is 0.352 e. The van der Waals surface area contributed by atoms with Gasteiger partial charge in [0.15, 0.2) is 0 Å². The molecule has 1 aliphatic rings. The summed E-state index contributed by atoms with van der Waals surface area (Å²) in [6, 6.07) is 12.7. The third kappa shape index (κ3) is 5.84. The highest BCUT2D eigenvalue weighted by Crippen LogP contribution is 2.25. The minimum absolute atomic E-state index is 0.124. The fraction of sp³-hybridized carbons (Fsp3) is 0.435. The van der Waals surface area contributed by atoms with Crippen molar-refractivity contribution in [1.29, 1.82) is 0 Å². The lowest BCUT2D eigenvalue weighted by molar-refractivity contribution is 0.0953. The summed E-state index contributed by atoms with van der Waals surface area (Å²) < 4.78 is 27.6. The van der Waals surface area contributed by atoms with Crippen molar-refractivity contribution >= 4 is 27.5 Å². The molecule has 1 fully saturated rings. The van der Waals surface area contributed by atoms with E-state index in [0.717, 1.165) is 38.5 Å². The van der Waals surface area contributed by atoms with Crippen LogP contribution in [-0.4, -0.2) is 38.3 Å². The van der Waals surface area contributed by atoms with Crippen LogP contribution in [0.25, 0.3) is 0 Å². The molecule has 1 amide bonds. The molecule has 0 atom stereocenters. The minimum Gasteiger partial charge on any atom is -0.352 e. The third-order valence-corrected chi connectivity index (χ3v) is 7.62. The molecule has 3 rings (SSSR count). The van der Waals surface area contributed by atoms with Gasteiger partial charge in [-0.3, -0.25) is 4.79 Å². The number of carbonyl (C=O) groups excluding carboxylic acids is 1. The molecule has 1 aliphatic heterocycles. The molecule has 0 aliphatic carbocycles. The van der Waals surface area contributed by atoms with Gasteiger partial charge in [0.05, 0.1) is 15.5 Å².